The lowest BCUT2D eigenvalue weighted by Crippen LogP contribution is -2.19. The highest BCUT2D eigenvalue weighted by Gasteiger charge is 2.20. The summed E-state index contributed by atoms with van der Waals surface area (Å²) < 4.78 is 0. The van der Waals surface area contributed by atoms with E-state index in [0.717, 1.165) is 11.1 Å². The van der Waals surface area contributed by atoms with Crippen LogP contribution in [0.3, 0.4) is 0 Å². The number of rotatable bonds is 6. The second-order valence-corrected chi connectivity index (χ2v) is 5.51. The molecule has 1 atom stereocenters. The Morgan fingerprint density at radius 1 is 1.17 bits per heavy atom. The van der Waals surface area contributed by atoms with Crippen LogP contribution in [0.15, 0.2) is 70.9 Å². The van der Waals surface area contributed by atoms with Crippen LogP contribution >= 0.6 is 0 Å². The fourth-order valence-electron chi connectivity index (χ4n) is 1.99. The Labute approximate surface area is 137 Å². The molecule has 1 aliphatic rings. The van der Waals surface area contributed by atoms with Crippen molar-refractivity contribution in [3.05, 3.63) is 81.0 Å². The molecule has 0 fully saturated rings. The number of hydrogen-bond acceptors (Lipinski definition) is 3. The van der Waals surface area contributed by atoms with Crippen molar-refractivity contribution >= 4 is 5.78 Å². The first-order valence-electron chi connectivity index (χ1n) is 7.58. The number of Topliss-reactive ketones (excluding diaryl/α,β-unsaturated/α-hetero) is 1. The topological polar surface area (TPSA) is 60.2 Å². The Morgan fingerprint density at radius 2 is 1.78 bits per heavy atom. The second kappa shape index (κ2) is 8.83. The summed E-state index contributed by atoms with van der Waals surface area (Å²) in [5, 5.41) is 10.7. The fourth-order valence-corrected chi connectivity index (χ4v) is 1.99. The van der Waals surface area contributed by atoms with E-state index in [1.54, 1.807) is 25.2 Å². The van der Waals surface area contributed by atoms with Crippen LogP contribution < -0.4 is 0 Å². The van der Waals surface area contributed by atoms with E-state index in [9.17, 15) is 14.9 Å². The highest BCUT2D eigenvalue weighted by Crippen LogP contribution is 2.17. The average Bonchev–Trinajstić information content (AvgIpc) is 2.56. The summed E-state index contributed by atoms with van der Waals surface area (Å²) in [6, 6.07) is -0.725. The zero-order chi connectivity index (χ0) is 17.4. The molecule has 0 bridgehead atoms. The number of ketones is 1. The lowest BCUT2D eigenvalue weighted by Gasteiger charge is -2.09. The van der Waals surface area contributed by atoms with Gasteiger partial charge in [0.05, 0.1) is 0 Å². The van der Waals surface area contributed by atoms with Crippen molar-refractivity contribution in [1.29, 1.82) is 0 Å². The largest absolute Gasteiger partial charge is 0.289 e. The number of carbonyl (C=O) groups is 1. The van der Waals surface area contributed by atoms with Gasteiger partial charge in [0.15, 0.2) is 5.78 Å². The highest BCUT2D eigenvalue weighted by atomic mass is 16.6. The van der Waals surface area contributed by atoms with Gasteiger partial charge in [-0.15, -0.1) is 0 Å². The number of hydrogen-bond donors (Lipinski definition) is 0. The lowest BCUT2D eigenvalue weighted by atomic mass is 9.96. The third-order valence-electron chi connectivity index (χ3n) is 3.71. The van der Waals surface area contributed by atoms with Gasteiger partial charge in [-0.1, -0.05) is 36.5 Å². The van der Waals surface area contributed by atoms with Crippen molar-refractivity contribution in [3.63, 3.8) is 0 Å². The molecular formula is C19H23NO3. The van der Waals surface area contributed by atoms with Gasteiger partial charge in [0.2, 0.25) is 6.04 Å². The Hall–Kier alpha value is -2.49. The number of carbonyl (C=O) groups excluding carboxylic acids is 1. The van der Waals surface area contributed by atoms with Crippen molar-refractivity contribution in [1.82, 2.24) is 0 Å². The van der Waals surface area contributed by atoms with Crippen LogP contribution in [0.2, 0.25) is 0 Å². The minimum atomic E-state index is -0.725. The standard InChI is InChI=1S/C19H23NO3/c1-5-6-7-14(2)15(3)8-9-16(4)19(21)17-10-12-18(13-11-17)20(22)23/h5-12,18H,13H2,1-4H3/b6-5-,14-7-,15-8+,16-9+. The summed E-state index contributed by atoms with van der Waals surface area (Å²) in [5.41, 5.74) is 3.34. The van der Waals surface area contributed by atoms with Gasteiger partial charge in [-0.05, 0) is 56.6 Å². The minimum Gasteiger partial charge on any atom is -0.289 e. The van der Waals surface area contributed by atoms with E-state index in [0.29, 0.717) is 11.1 Å². The SMILES string of the molecule is C\C=C/C=C(C)\C(C)=C\C=C(/C)C(=O)C1=CCC([N+](=O)[O-])C=C1. The number of allylic oxidation sites excluding steroid dienone is 10. The van der Waals surface area contributed by atoms with Crippen LogP contribution in [0.5, 0.6) is 0 Å². The molecule has 1 unspecified atom stereocenters. The maximum Gasteiger partial charge on any atom is 0.235 e. The van der Waals surface area contributed by atoms with Gasteiger partial charge >= 0.3 is 0 Å². The smallest absolute Gasteiger partial charge is 0.235 e. The molecule has 0 spiro atoms. The van der Waals surface area contributed by atoms with Crippen molar-refractivity contribution in [3.8, 4) is 0 Å². The molecule has 1 rings (SSSR count). The Morgan fingerprint density at radius 3 is 2.30 bits per heavy atom. The highest BCUT2D eigenvalue weighted by molar-refractivity contribution is 6.10. The molecule has 122 valence electrons. The van der Waals surface area contributed by atoms with E-state index in [-0.39, 0.29) is 17.1 Å². The van der Waals surface area contributed by atoms with Crippen LogP contribution in [0.25, 0.3) is 0 Å². The molecule has 0 aliphatic heterocycles. The molecule has 0 radical (unpaired) electrons. The van der Waals surface area contributed by atoms with Gasteiger partial charge in [0.25, 0.3) is 0 Å². The first-order chi connectivity index (χ1) is 10.9. The van der Waals surface area contributed by atoms with E-state index >= 15 is 0 Å². The molecule has 1 aliphatic carbocycles. The van der Waals surface area contributed by atoms with Gasteiger partial charge in [0.1, 0.15) is 0 Å². The molecule has 0 aromatic rings. The summed E-state index contributed by atoms with van der Waals surface area (Å²) in [7, 11) is 0. The minimum absolute atomic E-state index is 0.0952. The number of nitrogens with zero attached hydrogens (tertiary/aromatic N) is 1. The molecular weight excluding hydrogens is 290 g/mol. The zero-order valence-electron chi connectivity index (χ0n) is 14.1. The quantitative estimate of drug-likeness (QED) is 0.314. The maximum atomic E-state index is 12.3. The molecule has 4 nitrogen and oxygen atoms in total. The third kappa shape index (κ3) is 5.66. The van der Waals surface area contributed by atoms with Crippen LogP contribution in [-0.4, -0.2) is 16.7 Å². The summed E-state index contributed by atoms with van der Waals surface area (Å²) in [6.45, 7) is 7.72. The molecule has 0 saturated carbocycles. The maximum absolute atomic E-state index is 12.3. The van der Waals surface area contributed by atoms with Crippen molar-refractivity contribution < 1.29 is 9.72 Å². The van der Waals surface area contributed by atoms with Crippen LogP contribution in [0.1, 0.15) is 34.1 Å². The van der Waals surface area contributed by atoms with Crippen LogP contribution in [0.4, 0.5) is 0 Å². The first kappa shape index (κ1) is 18.6. The van der Waals surface area contributed by atoms with Crippen molar-refractivity contribution in [2.75, 3.05) is 0 Å². The molecule has 0 aromatic carbocycles. The summed E-state index contributed by atoms with van der Waals surface area (Å²) >= 11 is 0. The predicted octanol–water partition coefficient (Wildman–Crippen LogP) is 4.50. The molecule has 0 aromatic heterocycles. The van der Waals surface area contributed by atoms with E-state index in [1.165, 1.54) is 6.08 Å². The van der Waals surface area contributed by atoms with Gasteiger partial charge in [-0.2, -0.15) is 0 Å². The van der Waals surface area contributed by atoms with Gasteiger partial charge in [-0.3, -0.25) is 14.9 Å². The number of nitro groups is 1. The first-order valence-corrected chi connectivity index (χ1v) is 7.58. The van der Waals surface area contributed by atoms with E-state index in [1.807, 2.05) is 45.1 Å². The normalized spacial score (nSPS) is 19.9. The predicted molar refractivity (Wildman–Crippen MR) is 93.7 cm³/mol. The van der Waals surface area contributed by atoms with Gasteiger partial charge in [-0.25, -0.2) is 0 Å². The molecule has 0 N–H and O–H groups in total. The summed E-state index contributed by atoms with van der Waals surface area (Å²) in [4.78, 5) is 22.7. The molecule has 4 heteroatoms. The Bertz CT molecular complexity index is 658. The average molecular weight is 313 g/mol. The van der Waals surface area contributed by atoms with Gasteiger partial charge in [0, 0.05) is 16.9 Å². The van der Waals surface area contributed by atoms with E-state index in [4.69, 9.17) is 0 Å². The Balaban J connectivity index is 2.81. The van der Waals surface area contributed by atoms with E-state index in [2.05, 4.69) is 0 Å². The third-order valence-corrected chi connectivity index (χ3v) is 3.71. The fraction of sp³-hybridized carbons (Fsp3) is 0.316. The monoisotopic (exact) mass is 313 g/mol. The zero-order valence-corrected chi connectivity index (χ0v) is 14.1. The van der Waals surface area contributed by atoms with E-state index < -0.39 is 6.04 Å². The Kier molecular flexibility index (Phi) is 7.13. The van der Waals surface area contributed by atoms with Crippen molar-refractivity contribution in [2.24, 2.45) is 0 Å². The molecule has 23 heavy (non-hydrogen) atoms. The molecule has 0 amide bonds. The molecule has 0 heterocycles. The second-order valence-electron chi connectivity index (χ2n) is 5.51. The molecule has 0 saturated heterocycles. The van der Waals surface area contributed by atoms with Crippen molar-refractivity contribution in [2.45, 2.75) is 40.2 Å². The summed E-state index contributed by atoms with van der Waals surface area (Å²) in [5.74, 6) is -0.0952. The van der Waals surface area contributed by atoms with Gasteiger partial charge < -0.3 is 0 Å². The lowest BCUT2D eigenvalue weighted by molar-refractivity contribution is -0.508. The van der Waals surface area contributed by atoms with Crippen LogP contribution in [-0.2, 0) is 4.79 Å². The summed E-state index contributed by atoms with van der Waals surface area (Å²) in [6.07, 6.45) is 14.6. The van der Waals surface area contributed by atoms with Crippen LogP contribution in [0, 0.1) is 10.1 Å².